The molecule has 1 amide bonds. The van der Waals surface area contributed by atoms with Gasteiger partial charge in [-0.1, -0.05) is 38.8 Å². The second kappa shape index (κ2) is 15.5. The number of benzene rings is 1. The standard InChI is InChI=1S/C23H38N4O2.HI/c1-4-24-23(25-13-6-5-9-18(2)3)27-16-19-10-7-11-20(15-19)22(28)26-17-21-12-8-14-29-21;/h7,10-11,15,18,21H,4-6,8-9,12-14,16-17H2,1-3H3,(H,26,28)(H2,24,25,27);1H. The highest BCUT2D eigenvalue weighted by Crippen LogP contribution is 2.11. The Morgan fingerprint density at radius 1 is 1.23 bits per heavy atom. The number of nitrogens with one attached hydrogen (secondary N) is 3. The third kappa shape index (κ3) is 10.6. The Labute approximate surface area is 199 Å². The molecular formula is C23H39IN4O2. The van der Waals surface area contributed by atoms with Crippen molar-refractivity contribution in [2.45, 2.75) is 65.5 Å². The second-order valence-electron chi connectivity index (χ2n) is 8.06. The van der Waals surface area contributed by atoms with Crippen LogP contribution in [0.1, 0.15) is 68.8 Å². The summed E-state index contributed by atoms with van der Waals surface area (Å²) in [7, 11) is 0. The van der Waals surface area contributed by atoms with Crippen molar-refractivity contribution >= 4 is 35.8 Å². The molecule has 1 unspecified atom stereocenters. The first-order valence-corrected chi connectivity index (χ1v) is 11.1. The highest BCUT2D eigenvalue weighted by molar-refractivity contribution is 14.0. The zero-order valence-electron chi connectivity index (χ0n) is 18.7. The second-order valence-corrected chi connectivity index (χ2v) is 8.06. The van der Waals surface area contributed by atoms with Gasteiger partial charge >= 0.3 is 0 Å². The molecule has 0 aliphatic carbocycles. The molecule has 1 fully saturated rings. The summed E-state index contributed by atoms with van der Waals surface area (Å²) in [6.45, 7) is 10.2. The van der Waals surface area contributed by atoms with Gasteiger partial charge in [-0.15, -0.1) is 24.0 Å². The molecule has 2 rings (SSSR count). The van der Waals surface area contributed by atoms with Crippen molar-refractivity contribution in [1.29, 1.82) is 0 Å². The first-order chi connectivity index (χ1) is 14.1. The Morgan fingerprint density at radius 2 is 2.07 bits per heavy atom. The number of hydrogen-bond acceptors (Lipinski definition) is 3. The number of ether oxygens (including phenoxy) is 1. The molecule has 1 heterocycles. The number of nitrogens with zero attached hydrogens (tertiary/aromatic N) is 1. The molecule has 30 heavy (non-hydrogen) atoms. The smallest absolute Gasteiger partial charge is 0.251 e. The number of aliphatic imine (C=N–C) groups is 1. The first kappa shape index (κ1) is 26.7. The van der Waals surface area contributed by atoms with Crippen LogP contribution in [0.4, 0.5) is 0 Å². The number of halogens is 1. The molecule has 0 saturated carbocycles. The van der Waals surface area contributed by atoms with Crippen LogP contribution in [-0.4, -0.2) is 44.2 Å². The quantitative estimate of drug-likeness (QED) is 0.174. The molecule has 3 N–H and O–H groups in total. The summed E-state index contributed by atoms with van der Waals surface area (Å²) < 4.78 is 5.56. The van der Waals surface area contributed by atoms with E-state index in [1.165, 1.54) is 12.8 Å². The van der Waals surface area contributed by atoms with E-state index in [-0.39, 0.29) is 36.0 Å². The molecule has 0 aromatic heterocycles. The number of amides is 1. The van der Waals surface area contributed by atoms with Crippen molar-refractivity contribution < 1.29 is 9.53 Å². The molecule has 0 radical (unpaired) electrons. The van der Waals surface area contributed by atoms with Crippen molar-refractivity contribution in [3.8, 4) is 0 Å². The summed E-state index contributed by atoms with van der Waals surface area (Å²) in [5, 5.41) is 9.66. The largest absolute Gasteiger partial charge is 0.376 e. The summed E-state index contributed by atoms with van der Waals surface area (Å²) >= 11 is 0. The number of carbonyl (C=O) groups is 1. The van der Waals surface area contributed by atoms with Crippen LogP contribution in [-0.2, 0) is 11.3 Å². The first-order valence-electron chi connectivity index (χ1n) is 11.1. The molecule has 1 atom stereocenters. The van der Waals surface area contributed by atoms with Crippen molar-refractivity contribution in [1.82, 2.24) is 16.0 Å². The fourth-order valence-corrected chi connectivity index (χ4v) is 3.32. The zero-order valence-corrected chi connectivity index (χ0v) is 21.0. The van der Waals surface area contributed by atoms with Crippen LogP contribution in [0, 0.1) is 5.92 Å². The average Bonchev–Trinajstić information content (AvgIpc) is 3.23. The minimum Gasteiger partial charge on any atom is -0.376 e. The molecule has 1 aliphatic rings. The molecule has 6 nitrogen and oxygen atoms in total. The van der Waals surface area contributed by atoms with Crippen LogP contribution >= 0.6 is 24.0 Å². The van der Waals surface area contributed by atoms with Gasteiger partial charge in [0.15, 0.2) is 5.96 Å². The predicted molar refractivity (Wildman–Crippen MR) is 135 cm³/mol. The van der Waals surface area contributed by atoms with E-state index in [4.69, 9.17) is 4.74 Å². The Bertz CT molecular complexity index is 646. The molecule has 0 bridgehead atoms. The summed E-state index contributed by atoms with van der Waals surface area (Å²) in [6.07, 6.45) is 5.88. The molecule has 1 aliphatic heterocycles. The van der Waals surface area contributed by atoms with Gasteiger partial charge in [-0.25, -0.2) is 4.99 Å². The van der Waals surface area contributed by atoms with Crippen LogP contribution < -0.4 is 16.0 Å². The lowest BCUT2D eigenvalue weighted by molar-refractivity contribution is 0.0857. The molecule has 1 saturated heterocycles. The lowest BCUT2D eigenvalue weighted by Gasteiger charge is -2.12. The van der Waals surface area contributed by atoms with Gasteiger partial charge in [0.1, 0.15) is 0 Å². The number of unbranched alkanes of at least 4 members (excludes halogenated alkanes) is 1. The van der Waals surface area contributed by atoms with Crippen molar-refractivity contribution in [3.05, 3.63) is 35.4 Å². The van der Waals surface area contributed by atoms with E-state index in [9.17, 15) is 4.79 Å². The van der Waals surface area contributed by atoms with E-state index in [1.807, 2.05) is 24.3 Å². The fraction of sp³-hybridized carbons (Fsp3) is 0.652. The topological polar surface area (TPSA) is 74.8 Å². The molecule has 170 valence electrons. The number of carbonyl (C=O) groups excluding carboxylic acids is 1. The number of hydrogen-bond donors (Lipinski definition) is 3. The normalized spacial score (nSPS) is 16.3. The zero-order chi connectivity index (χ0) is 20.9. The highest BCUT2D eigenvalue weighted by Gasteiger charge is 2.16. The number of rotatable bonds is 11. The van der Waals surface area contributed by atoms with Crippen LogP contribution in [0.25, 0.3) is 0 Å². The Balaban J connectivity index is 0.00000450. The van der Waals surface area contributed by atoms with Gasteiger partial charge in [0.25, 0.3) is 5.91 Å². The van der Waals surface area contributed by atoms with E-state index < -0.39 is 0 Å². The van der Waals surface area contributed by atoms with Crippen molar-refractivity contribution in [3.63, 3.8) is 0 Å². The minimum atomic E-state index is -0.0542. The summed E-state index contributed by atoms with van der Waals surface area (Å²) in [6, 6.07) is 7.68. The van der Waals surface area contributed by atoms with Gasteiger partial charge < -0.3 is 20.7 Å². The molecule has 7 heteroatoms. The van der Waals surface area contributed by atoms with Crippen molar-refractivity contribution in [2.24, 2.45) is 10.9 Å². The third-order valence-corrected chi connectivity index (χ3v) is 4.97. The van der Waals surface area contributed by atoms with Gasteiger partial charge in [-0.2, -0.15) is 0 Å². The maximum absolute atomic E-state index is 12.4. The van der Waals surface area contributed by atoms with Gasteiger partial charge in [0.05, 0.1) is 12.6 Å². The summed E-state index contributed by atoms with van der Waals surface area (Å²) in [5.41, 5.74) is 1.69. The molecule has 1 aromatic carbocycles. The van der Waals surface area contributed by atoms with E-state index in [2.05, 4.69) is 41.7 Å². The summed E-state index contributed by atoms with van der Waals surface area (Å²) in [5.74, 6) is 1.53. The van der Waals surface area contributed by atoms with Gasteiger partial charge in [-0.05, 0) is 49.8 Å². The SMILES string of the molecule is CCNC(=NCc1cccc(C(=O)NCC2CCCO2)c1)NCCCCC(C)C.I. The fourth-order valence-electron chi connectivity index (χ4n) is 3.32. The maximum atomic E-state index is 12.4. The third-order valence-electron chi connectivity index (χ3n) is 4.97. The average molecular weight is 530 g/mol. The van der Waals surface area contributed by atoms with E-state index in [1.54, 1.807) is 0 Å². The highest BCUT2D eigenvalue weighted by atomic mass is 127. The minimum absolute atomic E-state index is 0. The lowest BCUT2D eigenvalue weighted by atomic mass is 10.1. The van der Waals surface area contributed by atoms with E-state index >= 15 is 0 Å². The van der Waals surface area contributed by atoms with Crippen molar-refractivity contribution in [2.75, 3.05) is 26.2 Å². The van der Waals surface area contributed by atoms with Gasteiger partial charge in [0, 0.05) is 31.8 Å². The Morgan fingerprint density at radius 3 is 2.77 bits per heavy atom. The van der Waals surface area contributed by atoms with Crippen LogP contribution in [0.3, 0.4) is 0 Å². The van der Waals surface area contributed by atoms with E-state index in [0.717, 1.165) is 56.4 Å². The van der Waals surface area contributed by atoms with Gasteiger partial charge in [-0.3, -0.25) is 4.79 Å². The Hall–Kier alpha value is -1.35. The molecular weight excluding hydrogens is 491 g/mol. The Kier molecular flexibility index (Phi) is 13.7. The number of guanidine groups is 1. The van der Waals surface area contributed by atoms with Crippen LogP contribution in [0.5, 0.6) is 0 Å². The van der Waals surface area contributed by atoms with Crippen LogP contribution in [0.2, 0.25) is 0 Å². The molecule has 0 spiro atoms. The lowest BCUT2D eigenvalue weighted by Crippen LogP contribution is -2.37. The van der Waals surface area contributed by atoms with Gasteiger partial charge in [0.2, 0.25) is 0 Å². The maximum Gasteiger partial charge on any atom is 0.251 e. The summed E-state index contributed by atoms with van der Waals surface area (Å²) in [4.78, 5) is 17.1. The monoisotopic (exact) mass is 530 g/mol. The van der Waals surface area contributed by atoms with Crippen LogP contribution in [0.15, 0.2) is 29.3 Å². The molecule has 1 aromatic rings. The van der Waals surface area contributed by atoms with E-state index in [0.29, 0.717) is 18.7 Å². The predicted octanol–water partition coefficient (Wildman–Crippen LogP) is 4.09.